The second-order valence-corrected chi connectivity index (χ2v) is 4.75. The fraction of sp³-hybridized carbons (Fsp3) is 1.00. The molecule has 5 heteroatoms. The van der Waals surface area contributed by atoms with Crippen LogP contribution < -0.4 is 0 Å². The van der Waals surface area contributed by atoms with E-state index in [1.54, 1.807) is 27.7 Å². The average molecular weight is 180 g/mol. The summed E-state index contributed by atoms with van der Waals surface area (Å²) in [5, 5.41) is 0. The lowest BCUT2D eigenvalue weighted by Crippen LogP contribution is -2.41. The summed E-state index contributed by atoms with van der Waals surface area (Å²) in [6, 6.07) is 0. The first-order chi connectivity index (χ1) is 4.66. The second kappa shape index (κ2) is 1.97. The van der Waals surface area contributed by atoms with E-state index in [0.29, 0.717) is 0 Å². The highest BCUT2D eigenvalue weighted by Gasteiger charge is 2.52. The average Bonchev–Trinajstić information content (AvgIpc) is 1.66. The summed E-state index contributed by atoms with van der Waals surface area (Å²) >= 11 is 0. The summed E-state index contributed by atoms with van der Waals surface area (Å²) in [7, 11) is -3.76. The van der Waals surface area contributed by atoms with E-state index < -0.39 is 21.6 Å². The molecule has 0 unspecified atom stereocenters. The normalized spacial score (nSPS) is 32.0. The van der Waals surface area contributed by atoms with Crippen molar-refractivity contribution in [3.05, 3.63) is 0 Å². The molecule has 1 heterocycles. The molecule has 1 aliphatic heterocycles. The maximum Gasteiger partial charge on any atom is 0.401 e. The van der Waals surface area contributed by atoms with Crippen molar-refractivity contribution in [3.8, 4) is 0 Å². The van der Waals surface area contributed by atoms with Gasteiger partial charge in [-0.2, -0.15) is 8.42 Å². The quantitative estimate of drug-likeness (QED) is 0.554. The second-order valence-electron chi connectivity index (χ2n) is 3.60. The predicted octanol–water partition coefficient (Wildman–Crippen LogP) is 0.835. The molecule has 1 rings (SSSR count). The largest absolute Gasteiger partial charge is 0.401 e. The molecule has 0 atom stereocenters. The summed E-state index contributed by atoms with van der Waals surface area (Å²) in [6.45, 7) is 6.71. The molecule has 0 aromatic rings. The van der Waals surface area contributed by atoms with Crippen LogP contribution in [-0.2, 0) is 18.8 Å². The smallest absolute Gasteiger partial charge is 0.239 e. The molecule has 11 heavy (non-hydrogen) atoms. The monoisotopic (exact) mass is 180 g/mol. The van der Waals surface area contributed by atoms with Crippen LogP contribution in [0.2, 0.25) is 0 Å². The van der Waals surface area contributed by atoms with Gasteiger partial charge < -0.3 is 0 Å². The molecular weight excluding hydrogens is 168 g/mol. The molecule has 1 aliphatic rings. The van der Waals surface area contributed by atoms with Gasteiger partial charge in [-0.3, -0.25) is 0 Å². The first-order valence-electron chi connectivity index (χ1n) is 3.32. The molecule has 4 nitrogen and oxygen atoms in total. The Morgan fingerprint density at radius 1 is 0.909 bits per heavy atom. The van der Waals surface area contributed by atoms with Gasteiger partial charge in [0.05, 0.1) is 0 Å². The van der Waals surface area contributed by atoms with Crippen LogP contribution in [0.25, 0.3) is 0 Å². The molecular formula is C6H12O4S. The van der Waals surface area contributed by atoms with Crippen molar-refractivity contribution >= 4 is 10.4 Å². The summed E-state index contributed by atoms with van der Waals surface area (Å²) in [5.41, 5.74) is -1.57. The zero-order chi connectivity index (χ0) is 8.91. The summed E-state index contributed by atoms with van der Waals surface area (Å²) in [6.07, 6.45) is 0. The van der Waals surface area contributed by atoms with Crippen molar-refractivity contribution in [3.63, 3.8) is 0 Å². The molecule has 0 aromatic heterocycles. The van der Waals surface area contributed by atoms with Crippen molar-refractivity contribution in [1.82, 2.24) is 0 Å². The van der Waals surface area contributed by atoms with Gasteiger partial charge in [0.1, 0.15) is 11.2 Å². The lowest BCUT2D eigenvalue weighted by molar-refractivity contribution is 0.00578. The van der Waals surface area contributed by atoms with Gasteiger partial charge in [0.15, 0.2) is 0 Å². The molecule has 0 bridgehead atoms. The van der Waals surface area contributed by atoms with Crippen LogP contribution in [-0.4, -0.2) is 19.6 Å². The highest BCUT2D eigenvalue weighted by atomic mass is 32.3. The minimum Gasteiger partial charge on any atom is -0.239 e. The summed E-state index contributed by atoms with van der Waals surface area (Å²) < 4.78 is 31.0. The molecule has 0 amide bonds. The van der Waals surface area contributed by atoms with Crippen LogP contribution in [0.1, 0.15) is 27.7 Å². The Morgan fingerprint density at radius 3 is 1.27 bits per heavy atom. The third-order valence-electron chi connectivity index (χ3n) is 2.07. The Labute approximate surface area is 66.8 Å². The van der Waals surface area contributed by atoms with Crippen molar-refractivity contribution in [2.75, 3.05) is 0 Å². The van der Waals surface area contributed by atoms with Gasteiger partial charge in [-0.25, -0.2) is 8.37 Å². The molecule has 0 radical (unpaired) electrons. The fourth-order valence-electron chi connectivity index (χ4n) is 0.728. The molecule has 66 valence electrons. The molecule has 0 aliphatic carbocycles. The van der Waals surface area contributed by atoms with Crippen LogP contribution in [0, 0.1) is 0 Å². The third kappa shape index (κ3) is 1.40. The van der Waals surface area contributed by atoms with Gasteiger partial charge >= 0.3 is 10.4 Å². The van der Waals surface area contributed by atoms with Crippen molar-refractivity contribution in [2.45, 2.75) is 38.9 Å². The summed E-state index contributed by atoms with van der Waals surface area (Å²) in [4.78, 5) is 0. The maximum absolute atomic E-state index is 10.8. The molecule has 0 spiro atoms. The number of hydrogen-bond donors (Lipinski definition) is 0. The maximum atomic E-state index is 10.8. The number of hydrogen-bond acceptors (Lipinski definition) is 4. The van der Waals surface area contributed by atoms with Crippen LogP contribution in [0.15, 0.2) is 0 Å². The Balaban J connectivity index is 3.08. The summed E-state index contributed by atoms with van der Waals surface area (Å²) in [5.74, 6) is 0. The SMILES string of the molecule is CC1(C)OS(=O)(=O)OC1(C)C. The van der Waals surface area contributed by atoms with Gasteiger partial charge in [-0.05, 0) is 27.7 Å². The van der Waals surface area contributed by atoms with Gasteiger partial charge in [-0.15, -0.1) is 0 Å². The molecule has 0 saturated carbocycles. The van der Waals surface area contributed by atoms with E-state index in [4.69, 9.17) is 8.37 Å². The highest BCUT2D eigenvalue weighted by molar-refractivity contribution is 7.82. The van der Waals surface area contributed by atoms with E-state index in [1.165, 1.54) is 0 Å². The Hall–Kier alpha value is -0.130. The van der Waals surface area contributed by atoms with Crippen LogP contribution >= 0.6 is 0 Å². The van der Waals surface area contributed by atoms with Crippen LogP contribution in [0.4, 0.5) is 0 Å². The third-order valence-corrected chi connectivity index (χ3v) is 3.31. The van der Waals surface area contributed by atoms with Gasteiger partial charge in [-0.1, -0.05) is 0 Å². The zero-order valence-corrected chi connectivity index (χ0v) is 7.86. The van der Waals surface area contributed by atoms with E-state index in [0.717, 1.165) is 0 Å². The zero-order valence-electron chi connectivity index (χ0n) is 7.04. The number of rotatable bonds is 0. The Bertz CT molecular complexity index is 240. The van der Waals surface area contributed by atoms with Crippen molar-refractivity contribution in [2.24, 2.45) is 0 Å². The van der Waals surface area contributed by atoms with Crippen LogP contribution in [0.3, 0.4) is 0 Å². The lowest BCUT2D eigenvalue weighted by Gasteiger charge is -2.27. The first kappa shape index (κ1) is 8.96. The topological polar surface area (TPSA) is 52.6 Å². The van der Waals surface area contributed by atoms with Crippen molar-refractivity contribution in [1.29, 1.82) is 0 Å². The molecule has 0 aromatic carbocycles. The van der Waals surface area contributed by atoms with Gasteiger partial charge in [0.25, 0.3) is 0 Å². The first-order valence-corrected chi connectivity index (χ1v) is 4.66. The Morgan fingerprint density at radius 2 is 1.18 bits per heavy atom. The highest BCUT2D eigenvalue weighted by Crippen LogP contribution is 2.38. The van der Waals surface area contributed by atoms with E-state index in [2.05, 4.69) is 0 Å². The minimum absolute atomic E-state index is 0.786. The molecule has 1 saturated heterocycles. The van der Waals surface area contributed by atoms with E-state index in [-0.39, 0.29) is 0 Å². The standard InChI is InChI=1S/C6H12O4S/c1-5(2)6(3,4)10-11(7,8)9-5/h1-4H3. The van der Waals surface area contributed by atoms with Gasteiger partial charge in [0.2, 0.25) is 0 Å². The lowest BCUT2D eigenvalue weighted by atomic mass is 9.90. The predicted molar refractivity (Wildman–Crippen MR) is 39.2 cm³/mol. The minimum atomic E-state index is -3.76. The van der Waals surface area contributed by atoms with E-state index in [9.17, 15) is 8.42 Å². The molecule has 0 N–H and O–H groups in total. The fourth-order valence-corrected chi connectivity index (χ4v) is 2.18. The van der Waals surface area contributed by atoms with Crippen molar-refractivity contribution < 1.29 is 16.8 Å². The Kier molecular flexibility index (Phi) is 1.60. The molecule has 1 fully saturated rings. The van der Waals surface area contributed by atoms with E-state index >= 15 is 0 Å². The van der Waals surface area contributed by atoms with Crippen LogP contribution in [0.5, 0.6) is 0 Å². The van der Waals surface area contributed by atoms with E-state index in [1.807, 2.05) is 0 Å². The van der Waals surface area contributed by atoms with Gasteiger partial charge in [0, 0.05) is 0 Å².